The van der Waals surface area contributed by atoms with Crippen molar-refractivity contribution >= 4 is 5.91 Å². The molecule has 1 amide bonds. The molecule has 120 valence electrons. The Morgan fingerprint density at radius 3 is 2.55 bits per heavy atom. The molecule has 0 radical (unpaired) electrons. The molecular formula is C15H32N2O3. The highest BCUT2D eigenvalue weighted by atomic mass is 16.5. The molecule has 0 bridgehead atoms. The monoisotopic (exact) mass is 288 g/mol. The zero-order valence-corrected chi connectivity index (χ0v) is 13.4. The van der Waals surface area contributed by atoms with E-state index >= 15 is 0 Å². The minimum Gasteiger partial charge on any atom is -0.389 e. The Kier molecular flexibility index (Phi) is 11.7. The fourth-order valence-electron chi connectivity index (χ4n) is 1.89. The highest BCUT2D eigenvalue weighted by Crippen LogP contribution is 2.07. The minimum absolute atomic E-state index is 0.0515. The van der Waals surface area contributed by atoms with Crippen LogP contribution in [0.2, 0.25) is 0 Å². The van der Waals surface area contributed by atoms with E-state index in [1.165, 1.54) is 0 Å². The third kappa shape index (κ3) is 12.4. The Morgan fingerprint density at radius 1 is 1.25 bits per heavy atom. The lowest BCUT2D eigenvalue weighted by Crippen LogP contribution is -2.34. The number of hydrogen-bond acceptors (Lipinski definition) is 4. The first-order valence-electron chi connectivity index (χ1n) is 7.72. The lowest BCUT2D eigenvalue weighted by Gasteiger charge is -2.18. The van der Waals surface area contributed by atoms with Gasteiger partial charge in [-0.2, -0.15) is 0 Å². The second-order valence-electron chi connectivity index (χ2n) is 5.73. The van der Waals surface area contributed by atoms with E-state index in [0.29, 0.717) is 32.0 Å². The first kappa shape index (κ1) is 19.4. The molecule has 0 saturated heterocycles. The molecular weight excluding hydrogens is 256 g/mol. The zero-order chi connectivity index (χ0) is 15.4. The third-order valence-corrected chi connectivity index (χ3v) is 2.86. The number of rotatable bonds is 12. The van der Waals surface area contributed by atoms with E-state index in [0.717, 1.165) is 19.4 Å². The fourth-order valence-corrected chi connectivity index (χ4v) is 1.89. The summed E-state index contributed by atoms with van der Waals surface area (Å²) in [5.74, 6) is 0.651. The van der Waals surface area contributed by atoms with Crippen LogP contribution in [0.4, 0.5) is 0 Å². The van der Waals surface area contributed by atoms with Crippen molar-refractivity contribution in [3.05, 3.63) is 0 Å². The van der Waals surface area contributed by atoms with Crippen molar-refractivity contribution in [3.63, 3.8) is 0 Å². The highest BCUT2D eigenvalue weighted by Gasteiger charge is 2.09. The van der Waals surface area contributed by atoms with Gasteiger partial charge >= 0.3 is 0 Å². The quantitative estimate of drug-likeness (QED) is 0.474. The van der Waals surface area contributed by atoms with Gasteiger partial charge in [0.05, 0.1) is 18.8 Å². The maximum Gasteiger partial charge on any atom is 0.221 e. The van der Waals surface area contributed by atoms with E-state index in [9.17, 15) is 9.90 Å². The molecule has 0 aliphatic carbocycles. The van der Waals surface area contributed by atoms with E-state index in [2.05, 4.69) is 24.5 Å². The molecule has 0 aliphatic heterocycles. The van der Waals surface area contributed by atoms with Crippen LogP contribution in [-0.2, 0) is 9.53 Å². The highest BCUT2D eigenvalue weighted by molar-refractivity contribution is 5.75. The smallest absolute Gasteiger partial charge is 0.221 e. The van der Waals surface area contributed by atoms with Gasteiger partial charge in [-0.1, -0.05) is 20.8 Å². The third-order valence-electron chi connectivity index (χ3n) is 2.86. The average Bonchev–Trinajstić information content (AvgIpc) is 2.38. The number of nitrogens with one attached hydrogen (secondary N) is 2. The van der Waals surface area contributed by atoms with Gasteiger partial charge in [0.25, 0.3) is 0 Å². The molecule has 0 heterocycles. The molecule has 2 atom stereocenters. The molecule has 2 unspecified atom stereocenters. The van der Waals surface area contributed by atoms with Crippen LogP contribution < -0.4 is 10.6 Å². The van der Waals surface area contributed by atoms with E-state index < -0.39 is 6.10 Å². The summed E-state index contributed by atoms with van der Waals surface area (Å²) in [7, 11) is 0. The fraction of sp³-hybridized carbons (Fsp3) is 0.933. The molecule has 0 fully saturated rings. The molecule has 0 aliphatic rings. The normalized spacial score (nSPS) is 14.3. The van der Waals surface area contributed by atoms with Crippen molar-refractivity contribution in [1.82, 2.24) is 10.6 Å². The Labute approximate surface area is 123 Å². The number of amides is 1. The number of carbonyl (C=O) groups excluding carboxylic acids is 1. The van der Waals surface area contributed by atoms with Crippen LogP contribution in [0.15, 0.2) is 0 Å². The predicted octanol–water partition coefficient (Wildman–Crippen LogP) is 1.30. The number of aliphatic hydroxyl groups excluding tert-OH is 1. The van der Waals surface area contributed by atoms with Crippen molar-refractivity contribution in [2.75, 3.05) is 26.2 Å². The van der Waals surface area contributed by atoms with Crippen molar-refractivity contribution in [2.24, 2.45) is 5.92 Å². The second-order valence-corrected chi connectivity index (χ2v) is 5.73. The number of hydrogen-bond donors (Lipinski definition) is 3. The van der Waals surface area contributed by atoms with Gasteiger partial charge in [-0.25, -0.2) is 0 Å². The predicted molar refractivity (Wildman–Crippen MR) is 81.7 cm³/mol. The van der Waals surface area contributed by atoms with Gasteiger partial charge in [-0.3, -0.25) is 4.79 Å². The summed E-state index contributed by atoms with van der Waals surface area (Å²) in [5, 5.41) is 15.6. The van der Waals surface area contributed by atoms with Gasteiger partial charge in [0.2, 0.25) is 5.91 Å². The molecule has 20 heavy (non-hydrogen) atoms. The molecule has 0 aromatic heterocycles. The van der Waals surface area contributed by atoms with Gasteiger partial charge in [0.1, 0.15) is 0 Å². The molecule has 0 saturated carbocycles. The molecule has 0 aromatic carbocycles. The van der Waals surface area contributed by atoms with Gasteiger partial charge in [0.15, 0.2) is 0 Å². The van der Waals surface area contributed by atoms with E-state index in [-0.39, 0.29) is 12.0 Å². The molecule has 0 rings (SSSR count). The zero-order valence-electron chi connectivity index (χ0n) is 13.4. The Balaban J connectivity index is 3.49. The Hall–Kier alpha value is -0.650. The van der Waals surface area contributed by atoms with Crippen molar-refractivity contribution in [2.45, 2.75) is 59.2 Å². The van der Waals surface area contributed by atoms with Gasteiger partial charge < -0.3 is 20.5 Å². The van der Waals surface area contributed by atoms with Gasteiger partial charge in [-0.15, -0.1) is 0 Å². The van der Waals surface area contributed by atoms with Crippen LogP contribution in [0.5, 0.6) is 0 Å². The van der Waals surface area contributed by atoms with Crippen LogP contribution >= 0.6 is 0 Å². The summed E-state index contributed by atoms with van der Waals surface area (Å²) in [6.45, 7) is 10.5. The summed E-state index contributed by atoms with van der Waals surface area (Å²) in [6, 6.07) is 0. The SMILES string of the molecule is CCCNC(=O)CCNCC(O)COC(C)CC(C)C. The van der Waals surface area contributed by atoms with Crippen molar-refractivity contribution in [3.8, 4) is 0 Å². The van der Waals surface area contributed by atoms with Crippen LogP contribution in [0.25, 0.3) is 0 Å². The Bertz CT molecular complexity index is 247. The van der Waals surface area contributed by atoms with Crippen LogP contribution in [0, 0.1) is 5.92 Å². The molecule has 5 heteroatoms. The van der Waals surface area contributed by atoms with E-state index in [4.69, 9.17) is 4.74 Å². The first-order valence-corrected chi connectivity index (χ1v) is 7.72. The van der Waals surface area contributed by atoms with Crippen molar-refractivity contribution in [1.29, 1.82) is 0 Å². The standard InChI is InChI=1S/C15H32N2O3/c1-5-7-17-15(19)6-8-16-10-14(18)11-20-13(4)9-12(2)3/h12-14,16,18H,5-11H2,1-4H3,(H,17,19). The minimum atomic E-state index is -0.525. The van der Waals surface area contributed by atoms with Gasteiger partial charge in [-0.05, 0) is 25.7 Å². The van der Waals surface area contributed by atoms with Crippen LogP contribution in [0.1, 0.15) is 47.0 Å². The lowest BCUT2D eigenvalue weighted by atomic mass is 10.1. The van der Waals surface area contributed by atoms with Crippen molar-refractivity contribution < 1.29 is 14.6 Å². The number of aliphatic hydroxyl groups is 1. The molecule has 0 aromatic rings. The summed E-state index contributed by atoms with van der Waals surface area (Å²) in [4.78, 5) is 11.3. The maximum atomic E-state index is 11.3. The van der Waals surface area contributed by atoms with Gasteiger partial charge in [0, 0.05) is 26.1 Å². The average molecular weight is 288 g/mol. The number of ether oxygens (including phenoxy) is 1. The maximum absolute atomic E-state index is 11.3. The summed E-state index contributed by atoms with van der Waals surface area (Å²) < 4.78 is 5.58. The Morgan fingerprint density at radius 2 is 1.95 bits per heavy atom. The van der Waals surface area contributed by atoms with Crippen LogP contribution in [0.3, 0.4) is 0 Å². The summed E-state index contributed by atoms with van der Waals surface area (Å²) in [6.07, 6.45) is 2.03. The number of carbonyl (C=O) groups is 1. The lowest BCUT2D eigenvalue weighted by molar-refractivity contribution is -0.121. The van der Waals surface area contributed by atoms with E-state index in [1.54, 1.807) is 0 Å². The second kappa shape index (κ2) is 12.1. The topological polar surface area (TPSA) is 70.6 Å². The molecule has 5 nitrogen and oxygen atoms in total. The first-order chi connectivity index (χ1) is 9.45. The molecule has 0 spiro atoms. The largest absolute Gasteiger partial charge is 0.389 e. The summed E-state index contributed by atoms with van der Waals surface area (Å²) in [5.41, 5.74) is 0. The van der Waals surface area contributed by atoms with E-state index in [1.807, 2.05) is 13.8 Å². The molecule has 3 N–H and O–H groups in total. The summed E-state index contributed by atoms with van der Waals surface area (Å²) >= 11 is 0. The van der Waals surface area contributed by atoms with Crippen LogP contribution in [-0.4, -0.2) is 49.5 Å².